The molecular formula is C17H31NO2. The van der Waals surface area contributed by atoms with Crippen LogP contribution >= 0.6 is 0 Å². The van der Waals surface area contributed by atoms with E-state index in [1.807, 2.05) is 0 Å². The van der Waals surface area contributed by atoms with Crippen molar-refractivity contribution in [1.29, 1.82) is 0 Å². The van der Waals surface area contributed by atoms with Gasteiger partial charge in [-0.2, -0.15) is 0 Å². The first-order valence-corrected chi connectivity index (χ1v) is 8.57. The lowest BCUT2D eigenvalue weighted by atomic mass is 9.85. The molecule has 0 bridgehead atoms. The summed E-state index contributed by atoms with van der Waals surface area (Å²) < 4.78 is 0. The molecule has 2 amide bonds. The summed E-state index contributed by atoms with van der Waals surface area (Å²) in [4.78, 5) is 23.1. The van der Waals surface area contributed by atoms with Gasteiger partial charge in [0.25, 0.3) is 0 Å². The van der Waals surface area contributed by atoms with Crippen molar-refractivity contribution in [2.24, 2.45) is 5.92 Å². The lowest BCUT2D eigenvalue weighted by molar-refractivity contribution is -0.134. The molecule has 1 fully saturated rings. The number of nitrogens with one attached hydrogen (secondary N) is 1. The second-order valence-corrected chi connectivity index (χ2v) is 6.12. The number of hydrogen-bond donors (Lipinski definition) is 1. The first-order valence-electron chi connectivity index (χ1n) is 8.57. The fourth-order valence-electron chi connectivity index (χ4n) is 2.57. The molecule has 0 radical (unpaired) electrons. The molecule has 0 aliphatic heterocycles. The third-order valence-corrected chi connectivity index (χ3v) is 4.25. The van der Waals surface area contributed by atoms with Crippen LogP contribution in [-0.4, -0.2) is 11.8 Å². The zero-order chi connectivity index (χ0) is 14.6. The van der Waals surface area contributed by atoms with Crippen LogP contribution in [0.3, 0.4) is 0 Å². The van der Waals surface area contributed by atoms with E-state index in [1.165, 1.54) is 44.9 Å². The first-order chi connectivity index (χ1) is 9.74. The minimum atomic E-state index is -0.0788. The number of imide groups is 1. The van der Waals surface area contributed by atoms with Crippen LogP contribution in [-0.2, 0) is 9.59 Å². The van der Waals surface area contributed by atoms with Gasteiger partial charge in [-0.3, -0.25) is 14.9 Å². The van der Waals surface area contributed by atoms with E-state index in [-0.39, 0.29) is 17.7 Å². The number of rotatable bonds is 11. The summed E-state index contributed by atoms with van der Waals surface area (Å²) in [6.45, 7) is 2.24. The molecule has 116 valence electrons. The SMILES string of the molecule is CCCCCCCCCCCC(=O)NC(=O)C1CCC1. The largest absolute Gasteiger partial charge is 0.296 e. The van der Waals surface area contributed by atoms with Crippen molar-refractivity contribution < 1.29 is 9.59 Å². The third-order valence-electron chi connectivity index (χ3n) is 4.25. The predicted molar refractivity (Wildman–Crippen MR) is 82.3 cm³/mol. The van der Waals surface area contributed by atoms with Crippen molar-refractivity contribution in [3.05, 3.63) is 0 Å². The van der Waals surface area contributed by atoms with E-state index in [0.717, 1.165) is 32.1 Å². The summed E-state index contributed by atoms with van der Waals surface area (Å²) >= 11 is 0. The van der Waals surface area contributed by atoms with Gasteiger partial charge in [-0.15, -0.1) is 0 Å². The van der Waals surface area contributed by atoms with Crippen molar-refractivity contribution in [3.8, 4) is 0 Å². The van der Waals surface area contributed by atoms with Crippen LogP contribution in [0.1, 0.15) is 90.4 Å². The molecule has 1 saturated carbocycles. The highest BCUT2D eigenvalue weighted by molar-refractivity contribution is 5.96. The van der Waals surface area contributed by atoms with E-state index in [9.17, 15) is 9.59 Å². The Kier molecular flexibility index (Phi) is 9.35. The highest BCUT2D eigenvalue weighted by atomic mass is 16.2. The minimum absolute atomic E-state index is 0.0443. The van der Waals surface area contributed by atoms with Gasteiger partial charge in [0.05, 0.1) is 0 Å². The molecule has 20 heavy (non-hydrogen) atoms. The van der Waals surface area contributed by atoms with Gasteiger partial charge in [0.15, 0.2) is 0 Å². The van der Waals surface area contributed by atoms with Gasteiger partial charge in [0.2, 0.25) is 11.8 Å². The third kappa shape index (κ3) is 7.66. The van der Waals surface area contributed by atoms with Gasteiger partial charge in [0, 0.05) is 12.3 Å². The van der Waals surface area contributed by atoms with Crippen LogP contribution in [0.5, 0.6) is 0 Å². The standard InChI is InChI=1S/C17H31NO2/c1-2-3-4-5-6-7-8-9-10-14-16(19)18-17(20)15-12-11-13-15/h15H,2-14H2,1H3,(H,18,19,20). The van der Waals surface area contributed by atoms with Crippen molar-refractivity contribution >= 4 is 11.8 Å². The van der Waals surface area contributed by atoms with Crippen molar-refractivity contribution in [1.82, 2.24) is 5.32 Å². The van der Waals surface area contributed by atoms with Crippen LogP contribution in [0.15, 0.2) is 0 Å². The second kappa shape index (κ2) is 10.9. The molecule has 1 rings (SSSR count). The normalized spacial score (nSPS) is 14.8. The monoisotopic (exact) mass is 281 g/mol. The Morgan fingerprint density at radius 1 is 0.900 bits per heavy atom. The Morgan fingerprint density at radius 2 is 1.45 bits per heavy atom. The molecule has 0 aromatic rings. The molecule has 0 atom stereocenters. The van der Waals surface area contributed by atoms with Gasteiger partial charge < -0.3 is 0 Å². The van der Waals surface area contributed by atoms with Crippen LogP contribution in [0.25, 0.3) is 0 Å². The number of carbonyl (C=O) groups excluding carboxylic acids is 2. The summed E-state index contributed by atoms with van der Waals surface area (Å²) in [6, 6.07) is 0. The van der Waals surface area contributed by atoms with Gasteiger partial charge in [0.1, 0.15) is 0 Å². The summed E-state index contributed by atoms with van der Waals surface area (Å²) in [5, 5.41) is 2.53. The lowest BCUT2D eigenvalue weighted by Crippen LogP contribution is -2.38. The quantitative estimate of drug-likeness (QED) is 0.572. The zero-order valence-corrected chi connectivity index (χ0v) is 13.1. The molecule has 0 saturated heterocycles. The van der Waals surface area contributed by atoms with Crippen LogP contribution < -0.4 is 5.32 Å². The summed E-state index contributed by atoms with van der Waals surface area (Å²) in [5.41, 5.74) is 0. The van der Waals surface area contributed by atoms with Crippen molar-refractivity contribution in [2.45, 2.75) is 90.4 Å². The maximum Gasteiger partial charge on any atom is 0.229 e. The highest BCUT2D eigenvalue weighted by Gasteiger charge is 2.26. The second-order valence-electron chi connectivity index (χ2n) is 6.12. The maximum absolute atomic E-state index is 11.6. The average molecular weight is 281 g/mol. The van der Waals surface area contributed by atoms with Gasteiger partial charge in [-0.05, 0) is 19.3 Å². The molecule has 0 spiro atoms. The summed E-state index contributed by atoms with van der Waals surface area (Å²) in [6.07, 6.45) is 14.8. The minimum Gasteiger partial charge on any atom is -0.296 e. The Balaban J connectivity index is 1.85. The molecule has 1 aliphatic rings. The molecule has 1 N–H and O–H groups in total. The molecule has 0 heterocycles. The van der Waals surface area contributed by atoms with E-state index in [2.05, 4.69) is 12.2 Å². The number of unbranched alkanes of at least 4 members (excludes halogenated alkanes) is 8. The Hall–Kier alpha value is -0.860. The van der Waals surface area contributed by atoms with Crippen LogP contribution in [0.4, 0.5) is 0 Å². The molecular weight excluding hydrogens is 250 g/mol. The van der Waals surface area contributed by atoms with Gasteiger partial charge in [-0.1, -0.05) is 64.7 Å². The average Bonchev–Trinajstić information content (AvgIpc) is 2.34. The van der Waals surface area contributed by atoms with Crippen LogP contribution in [0.2, 0.25) is 0 Å². The van der Waals surface area contributed by atoms with Gasteiger partial charge >= 0.3 is 0 Å². The lowest BCUT2D eigenvalue weighted by Gasteiger charge is -2.23. The molecule has 0 unspecified atom stereocenters. The number of amides is 2. The molecule has 1 aliphatic carbocycles. The Morgan fingerprint density at radius 3 is 1.95 bits per heavy atom. The summed E-state index contributed by atoms with van der Waals surface area (Å²) in [5.74, 6) is -0.0101. The molecule has 3 nitrogen and oxygen atoms in total. The summed E-state index contributed by atoms with van der Waals surface area (Å²) in [7, 11) is 0. The highest BCUT2D eigenvalue weighted by Crippen LogP contribution is 2.26. The fraction of sp³-hybridized carbons (Fsp3) is 0.882. The first kappa shape index (κ1) is 17.2. The van der Waals surface area contributed by atoms with E-state index in [0.29, 0.717) is 6.42 Å². The van der Waals surface area contributed by atoms with Crippen molar-refractivity contribution in [2.75, 3.05) is 0 Å². The maximum atomic E-state index is 11.6. The van der Waals surface area contributed by atoms with Crippen LogP contribution in [0, 0.1) is 5.92 Å². The van der Waals surface area contributed by atoms with Crippen molar-refractivity contribution in [3.63, 3.8) is 0 Å². The van der Waals surface area contributed by atoms with E-state index >= 15 is 0 Å². The van der Waals surface area contributed by atoms with Gasteiger partial charge in [-0.25, -0.2) is 0 Å². The zero-order valence-electron chi connectivity index (χ0n) is 13.1. The molecule has 0 aromatic carbocycles. The number of carbonyl (C=O) groups is 2. The topological polar surface area (TPSA) is 46.2 Å². The smallest absolute Gasteiger partial charge is 0.229 e. The Labute approximate surface area is 123 Å². The van der Waals surface area contributed by atoms with E-state index in [1.54, 1.807) is 0 Å². The fourth-order valence-corrected chi connectivity index (χ4v) is 2.57. The van der Waals surface area contributed by atoms with E-state index < -0.39 is 0 Å². The molecule has 3 heteroatoms. The number of hydrogen-bond acceptors (Lipinski definition) is 2. The Bertz CT molecular complexity index is 285. The predicted octanol–water partition coefficient (Wildman–Crippen LogP) is 4.35. The molecule has 0 aromatic heterocycles. The van der Waals surface area contributed by atoms with E-state index in [4.69, 9.17) is 0 Å².